The van der Waals surface area contributed by atoms with Crippen LogP contribution in [0.15, 0.2) is 24.3 Å². The molecule has 6 nitrogen and oxygen atoms in total. The van der Waals surface area contributed by atoms with E-state index in [0.717, 1.165) is 5.56 Å². The molecule has 1 aromatic carbocycles. The second-order valence-electron chi connectivity index (χ2n) is 6.78. The van der Waals surface area contributed by atoms with Gasteiger partial charge in [-0.15, -0.1) is 0 Å². The van der Waals surface area contributed by atoms with E-state index in [9.17, 15) is 14.4 Å². The zero-order valence-corrected chi connectivity index (χ0v) is 16.0. The summed E-state index contributed by atoms with van der Waals surface area (Å²) < 4.78 is 5.31. The van der Waals surface area contributed by atoms with Crippen molar-refractivity contribution in [2.45, 2.75) is 38.8 Å². The third-order valence-corrected chi connectivity index (χ3v) is 5.92. The van der Waals surface area contributed by atoms with Gasteiger partial charge < -0.3 is 10.1 Å². The van der Waals surface area contributed by atoms with E-state index >= 15 is 0 Å². The lowest BCUT2D eigenvalue weighted by molar-refractivity contribution is -0.734. The normalized spacial score (nSPS) is 30.6. The van der Waals surface area contributed by atoms with Crippen LogP contribution in [-0.2, 0) is 19.1 Å². The zero-order valence-electron chi connectivity index (χ0n) is 15.2. The molecule has 3 rings (SSSR count). The second kappa shape index (κ2) is 7.00. The molecule has 2 aliphatic heterocycles. The number of rotatable bonds is 5. The number of carbonyl (C=O) groups is 3. The topological polar surface area (TPSA) is 80.3 Å². The van der Waals surface area contributed by atoms with E-state index in [1.54, 1.807) is 26.0 Å². The van der Waals surface area contributed by atoms with Crippen LogP contribution >= 0.6 is 11.6 Å². The fraction of sp³-hybridized carbons (Fsp3) is 0.526. The molecule has 0 bridgehead atoms. The van der Waals surface area contributed by atoms with Crippen molar-refractivity contribution in [3.8, 4) is 0 Å². The third-order valence-electron chi connectivity index (χ3n) is 5.67. The maximum atomic E-state index is 13.0. The van der Waals surface area contributed by atoms with Crippen LogP contribution in [0, 0.1) is 11.8 Å². The summed E-state index contributed by atoms with van der Waals surface area (Å²) in [6.45, 7) is 5.92. The minimum Gasteiger partial charge on any atom is -0.461 e. The highest BCUT2D eigenvalue weighted by molar-refractivity contribution is 6.30. The zero-order chi connectivity index (χ0) is 19.1. The molecule has 0 aliphatic carbocycles. The Hall–Kier alpha value is -1.92. The van der Waals surface area contributed by atoms with Crippen LogP contribution in [0.5, 0.6) is 0 Å². The highest BCUT2D eigenvalue weighted by Gasteiger charge is 2.71. The van der Waals surface area contributed by atoms with Crippen molar-refractivity contribution in [2.75, 3.05) is 13.2 Å². The molecule has 0 aromatic heterocycles. The van der Waals surface area contributed by atoms with Crippen molar-refractivity contribution in [2.24, 2.45) is 11.8 Å². The van der Waals surface area contributed by atoms with Crippen LogP contribution in [0.1, 0.15) is 38.8 Å². The van der Waals surface area contributed by atoms with Crippen molar-refractivity contribution >= 4 is 29.4 Å². The minimum absolute atomic E-state index is 0.210. The van der Waals surface area contributed by atoms with Gasteiger partial charge in [-0.25, -0.2) is 4.79 Å². The molecule has 2 aliphatic rings. The molecule has 7 heteroatoms. The van der Waals surface area contributed by atoms with E-state index in [4.69, 9.17) is 16.3 Å². The molecule has 4 atom stereocenters. The summed E-state index contributed by atoms with van der Waals surface area (Å²) in [4.78, 5) is 40.1. The number of likely N-dealkylation sites (tertiary alicyclic amines) is 1. The largest absolute Gasteiger partial charge is 0.461 e. The van der Waals surface area contributed by atoms with E-state index < -0.39 is 23.3 Å². The first-order chi connectivity index (χ1) is 12.4. The van der Waals surface area contributed by atoms with Gasteiger partial charge in [0.1, 0.15) is 17.9 Å². The maximum Gasteiger partial charge on any atom is 0.368 e. The molecule has 0 saturated carbocycles. The number of carbonyl (C=O) groups excluding carboxylic acids is 3. The van der Waals surface area contributed by atoms with E-state index in [1.165, 1.54) is 4.90 Å². The number of nitrogens with zero attached hydrogens (tertiary/aromatic N) is 1. The molecular weight excluding hydrogens is 356 g/mol. The van der Waals surface area contributed by atoms with Crippen molar-refractivity contribution in [1.29, 1.82) is 0 Å². The number of halogens is 1. The quantitative estimate of drug-likeness (QED) is 0.617. The summed E-state index contributed by atoms with van der Waals surface area (Å²) in [5.74, 6) is -2.19. The van der Waals surface area contributed by atoms with Crippen LogP contribution in [-0.4, -0.2) is 41.4 Å². The van der Waals surface area contributed by atoms with Gasteiger partial charge in [-0.1, -0.05) is 30.7 Å². The smallest absolute Gasteiger partial charge is 0.368 e. The minimum atomic E-state index is -1.08. The fourth-order valence-corrected chi connectivity index (χ4v) is 4.55. The molecule has 2 amide bonds. The van der Waals surface area contributed by atoms with E-state index in [1.807, 2.05) is 24.4 Å². The second-order valence-corrected chi connectivity index (χ2v) is 7.22. The highest BCUT2D eigenvalue weighted by atomic mass is 35.5. The summed E-state index contributed by atoms with van der Waals surface area (Å²) in [5, 5.41) is 2.46. The number of benzene rings is 1. The SMILES string of the molecule is CCOC(=O)[C@@]1(CC)[NH2+][C@@H](c2ccc(Cl)cc2)[C@H]2C(=O)N(CC)C(=O)[C@@H]21. The molecule has 0 radical (unpaired) electrons. The Labute approximate surface area is 157 Å². The van der Waals surface area contributed by atoms with Gasteiger partial charge in [0.15, 0.2) is 0 Å². The lowest BCUT2D eigenvalue weighted by Crippen LogP contribution is -2.98. The van der Waals surface area contributed by atoms with E-state index in [-0.39, 0.29) is 24.5 Å². The first-order valence-corrected chi connectivity index (χ1v) is 9.43. The molecule has 1 aromatic rings. The number of ether oxygens (including phenoxy) is 1. The van der Waals surface area contributed by atoms with Gasteiger partial charge in [-0.05, 0) is 26.0 Å². The Balaban J connectivity index is 2.11. The monoisotopic (exact) mass is 379 g/mol. The number of amides is 2. The maximum absolute atomic E-state index is 13.0. The average Bonchev–Trinajstić information content (AvgIpc) is 3.11. The molecule has 140 valence electrons. The first-order valence-electron chi connectivity index (χ1n) is 9.05. The van der Waals surface area contributed by atoms with Crippen LogP contribution in [0.25, 0.3) is 0 Å². The summed E-state index contributed by atoms with van der Waals surface area (Å²) in [6.07, 6.45) is 0.410. The average molecular weight is 380 g/mol. The van der Waals surface area contributed by atoms with Gasteiger partial charge in [-0.2, -0.15) is 0 Å². The summed E-state index contributed by atoms with van der Waals surface area (Å²) in [5.41, 5.74) is -0.204. The number of quaternary nitrogens is 1. The Morgan fingerprint density at radius 3 is 2.38 bits per heavy atom. The molecule has 0 spiro atoms. The van der Waals surface area contributed by atoms with E-state index in [2.05, 4.69) is 0 Å². The number of fused-ring (bicyclic) bond motifs is 1. The summed E-state index contributed by atoms with van der Waals surface area (Å²) >= 11 is 5.99. The van der Waals surface area contributed by atoms with Gasteiger partial charge in [-0.3, -0.25) is 14.5 Å². The molecule has 2 N–H and O–H groups in total. The lowest BCUT2D eigenvalue weighted by Gasteiger charge is -2.28. The third kappa shape index (κ3) is 2.63. The van der Waals surface area contributed by atoms with Gasteiger partial charge in [0.2, 0.25) is 17.4 Å². The van der Waals surface area contributed by atoms with Crippen molar-refractivity contribution in [1.82, 2.24) is 4.90 Å². The van der Waals surface area contributed by atoms with Gasteiger partial charge in [0.25, 0.3) is 0 Å². The van der Waals surface area contributed by atoms with E-state index in [0.29, 0.717) is 18.0 Å². The molecule has 2 saturated heterocycles. The number of esters is 1. The highest BCUT2D eigenvalue weighted by Crippen LogP contribution is 2.45. The predicted molar refractivity (Wildman–Crippen MR) is 95.1 cm³/mol. The van der Waals surface area contributed by atoms with Gasteiger partial charge in [0.05, 0.1) is 6.61 Å². The Bertz CT molecular complexity index is 736. The first kappa shape index (κ1) is 18.9. The number of nitrogens with two attached hydrogens (primary N) is 1. The number of hydrogen-bond acceptors (Lipinski definition) is 4. The lowest BCUT2D eigenvalue weighted by atomic mass is 9.78. The van der Waals surface area contributed by atoms with Crippen LogP contribution in [0.4, 0.5) is 0 Å². The number of imide groups is 1. The van der Waals surface area contributed by atoms with Gasteiger partial charge >= 0.3 is 5.97 Å². The van der Waals surface area contributed by atoms with Crippen LogP contribution in [0.2, 0.25) is 5.02 Å². The molecule has 26 heavy (non-hydrogen) atoms. The van der Waals surface area contributed by atoms with Gasteiger partial charge in [0, 0.05) is 23.6 Å². The van der Waals surface area contributed by atoms with Crippen molar-refractivity contribution in [3.05, 3.63) is 34.9 Å². The Morgan fingerprint density at radius 2 is 1.85 bits per heavy atom. The molecular formula is C19H24ClN2O4+. The Kier molecular flexibility index (Phi) is 5.08. The predicted octanol–water partition coefficient (Wildman–Crippen LogP) is 1.29. The summed E-state index contributed by atoms with van der Waals surface area (Å²) in [6, 6.07) is 6.90. The standard InChI is InChI=1S/C19H23ClN2O4/c1-4-19(18(25)26-6-3)14-13(16(23)22(5-2)17(14)24)15(21-19)11-7-9-12(20)10-8-11/h7-10,13-15,21H,4-6H2,1-3H3/p+1/t13-,14+,15-,19-/m0/s1. The van der Waals surface area contributed by atoms with Crippen molar-refractivity contribution in [3.63, 3.8) is 0 Å². The Morgan fingerprint density at radius 1 is 1.19 bits per heavy atom. The fourth-order valence-electron chi connectivity index (χ4n) is 4.42. The number of hydrogen-bond donors (Lipinski definition) is 1. The van der Waals surface area contributed by atoms with Crippen LogP contribution < -0.4 is 5.32 Å². The molecule has 2 fully saturated rings. The molecule has 2 heterocycles. The van der Waals surface area contributed by atoms with Crippen molar-refractivity contribution < 1.29 is 24.4 Å². The molecule has 0 unspecified atom stereocenters. The van der Waals surface area contributed by atoms with Crippen LogP contribution in [0.3, 0.4) is 0 Å². The summed E-state index contributed by atoms with van der Waals surface area (Å²) in [7, 11) is 0.